The van der Waals surface area contributed by atoms with Gasteiger partial charge in [-0.1, -0.05) is 60.7 Å². The van der Waals surface area contributed by atoms with E-state index < -0.39 is 0 Å². The van der Waals surface area contributed by atoms with Crippen LogP contribution in [0.2, 0.25) is 0 Å². The molecule has 0 radical (unpaired) electrons. The van der Waals surface area contributed by atoms with Gasteiger partial charge in [-0.3, -0.25) is 9.80 Å². The van der Waals surface area contributed by atoms with Gasteiger partial charge in [0, 0.05) is 100 Å². The lowest BCUT2D eigenvalue weighted by molar-refractivity contribution is 0.0791. The molecule has 4 aliphatic rings. The number of halogens is 3. The number of anilines is 2. The molecule has 17 heteroatoms. The number of fused-ring (bicyclic) bond motifs is 2. The maximum absolute atomic E-state index is 6.42. The van der Waals surface area contributed by atoms with E-state index in [1.54, 1.807) is 12.7 Å². The Kier molecular flexibility index (Phi) is 18.6. The van der Waals surface area contributed by atoms with Crippen LogP contribution in [0.4, 0.5) is 11.6 Å². The molecular weight excluding hydrogens is 1000 g/mol. The summed E-state index contributed by atoms with van der Waals surface area (Å²) in [5, 5.41) is 1.88. The fourth-order valence-electron chi connectivity index (χ4n) is 11.7. The topological polar surface area (TPSA) is 145 Å². The Bertz CT molecular complexity index is 2850. The fourth-order valence-corrected chi connectivity index (χ4v) is 11.7. The van der Waals surface area contributed by atoms with Crippen LogP contribution >= 0.6 is 37.2 Å². The highest BCUT2D eigenvalue weighted by molar-refractivity contribution is 6.01. The Morgan fingerprint density at radius 3 is 1.15 bits per heavy atom. The van der Waals surface area contributed by atoms with Crippen LogP contribution in [0.3, 0.4) is 0 Å². The lowest BCUT2D eigenvalue weighted by atomic mass is 9.89. The number of benzene rings is 4. The summed E-state index contributed by atoms with van der Waals surface area (Å²) in [6.45, 7) is 9.29. The Labute approximate surface area is 459 Å². The average molecular weight is 1070 g/mol. The normalized spacial score (nSPS) is 20.7. The van der Waals surface area contributed by atoms with Crippen LogP contribution in [0.1, 0.15) is 63.5 Å². The number of ether oxygens (including phenoxy) is 2. The maximum Gasteiger partial charge on any atom is 0.146 e. The molecule has 12 rings (SSSR count). The zero-order valence-electron chi connectivity index (χ0n) is 43.0. The number of rotatable bonds is 10. The van der Waals surface area contributed by atoms with E-state index in [2.05, 4.69) is 89.5 Å². The number of nitrogen functional groups attached to an aromatic ring is 2. The van der Waals surface area contributed by atoms with E-state index in [-0.39, 0.29) is 37.2 Å². The van der Waals surface area contributed by atoms with Crippen molar-refractivity contribution >= 4 is 70.9 Å². The quantitative estimate of drug-likeness (QED) is 0.134. The van der Waals surface area contributed by atoms with Gasteiger partial charge in [-0.05, 0) is 125 Å². The summed E-state index contributed by atoms with van der Waals surface area (Å²) in [5.74, 6) is 4.33. The smallest absolute Gasteiger partial charge is 0.146 e. The van der Waals surface area contributed by atoms with Gasteiger partial charge in [0.2, 0.25) is 0 Å². The minimum Gasteiger partial charge on any atom is -0.457 e. The maximum atomic E-state index is 6.42. The molecule has 6 heterocycles. The molecule has 0 amide bonds. The van der Waals surface area contributed by atoms with Gasteiger partial charge in [0.25, 0.3) is 0 Å². The van der Waals surface area contributed by atoms with Gasteiger partial charge in [0.1, 0.15) is 58.6 Å². The number of nitrogens with two attached hydrogens (primary N) is 2. The molecule has 0 unspecified atom stereocenters. The Morgan fingerprint density at radius 2 is 0.773 bits per heavy atom. The van der Waals surface area contributed by atoms with E-state index in [0.29, 0.717) is 35.8 Å². The number of likely N-dealkylation sites (N-methyl/N-ethyl adjacent to an activating group) is 2. The minimum atomic E-state index is 0. The van der Waals surface area contributed by atoms with Crippen molar-refractivity contribution in [2.24, 2.45) is 0 Å². The van der Waals surface area contributed by atoms with Crippen LogP contribution < -0.4 is 20.9 Å². The number of piperazine rings is 2. The molecule has 4 N–H and O–H groups in total. The van der Waals surface area contributed by atoms with Crippen LogP contribution in [0, 0.1) is 0 Å². The number of nitrogens with zero attached hydrogens (tertiary/aromatic N) is 10. The van der Waals surface area contributed by atoms with Crippen molar-refractivity contribution < 1.29 is 9.47 Å². The summed E-state index contributed by atoms with van der Waals surface area (Å²) < 4.78 is 16.7. The molecule has 8 aromatic rings. The summed E-state index contributed by atoms with van der Waals surface area (Å²) in [5.41, 5.74) is 19.1. The Hall–Kier alpha value is -5.97. The summed E-state index contributed by atoms with van der Waals surface area (Å²) in [6, 6.07) is 38.2. The standard InChI is InChI=1S/2C29H34N6O.3ClH/c2*1-33-14-16-34(17-15-33)22-6-5-7-23(18-22)35-19-26(27-28(30)31-20-32-29(27)35)21-10-12-25(13-11-21)36-24-8-3-2-4-9-24;;;/h2*2-4,8-13,19-20,22-23H,5-7,14-18H2,1H3,(H2,30,31,32);3*1H/t2*22-,23+;;;/m11.../s1. The molecule has 0 spiro atoms. The molecule has 2 saturated carbocycles. The highest BCUT2D eigenvalue weighted by Gasteiger charge is 2.33. The molecule has 2 aliphatic carbocycles. The van der Waals surface area contributed by atoms with Gasteiger partial charge in [0.05, 0.1) is 10.8 Å². The second-order valence-electron chi connectivity index (χ2n) is 20.3. The second kappa shape index (κ2) is 25.2. The van der Waals surface area contributed by atoms with E-state index in [0.717, 1.165) is 133 Å². The Balaban J connectivity index is 0.000000192. The number of hydrogen-bond acceptors (Lipinski definition) is 12. The molecule has 4 aromatic heterocycles. The van der Waals surface area contributed by atoms with Crippen molar-refractivity contribution in [3.05, 3.63) is 134 Å². The van der Waals surface area contributed by atoms with Crippen molar-refractivity contribution in [1.82, 2.24) is 48.7 Å². The van der Waals surface area contributed by atoms with E-state index in [1.807, 2.05) is 84.9 Å². The van der Waals surface area contributed by atoms with Gasteiger partial charge in [-0.25, -0.2) is 19.9 Å². The summed E-state index contributed by atoms with van der Waals surface area (Å²) >= 11 is 0. The fraction of sp³-hybridized carbons (Fsp3) is 0.379. The highest BCUT2D eigenvalue weighted by atomic mass is 35.5. The average Bonchev–Trinajstić information content (AvgIpc) is 4.02. The third kappa shape index (κ3) is 12.5. The van der Waals surface area contributed by atoms with Crippen LogP contribution in [-0.2, 0) is 0 Å². The first kappa shape index (κ1) is 55.3. The summed E-state index contributed by atoms with van der Waals surface area (Å²) in [4.78, 5) is 28.4. The molecule has 4 atom stereocenters. The summed E-state index contributed by atoms with van der Waals surface area (Å²) in [7, 11) is 4.44. The van der Waals surface area contributed by atoms with Crippen LogP contribution in [0.5, 0.6) is 23.0 Å². The van der Waals surface area contributed by atoms with Crippen LogP contribution in [-0.4, -0.2) is 127 Å². The van der Waals surface area contributed by atoms with Gasteiger partial charge >= 0.3 is 0 Å². The zero-order chi connectivity index (χ0) is 49.0. The van der Waals surface area contributed by atoms with Crippen molar-refractivity contribution in [2.75, 3.05) is 77.9 Å². The monoisotopic (exact) mass is 1070 g/mol. The highest BCUT2D eigenvalue weighted by Crippen LogP contribution is 2.42. The first-order chi connectivity index (χ1) is 35.3. The second-order valence-corrected chi connectivity index (χ2v) is 20.3. The van der Waals surface area contributed by atoms with Crippen LogP contribution in [0.25, 0.3) is 44.3 Å². The van der Waals surface area contributed by atoms with Crippen molar-refractivity contribution in [3.63, 3.8) is 0 Å². The number of aromatic nitrogens is 6. The molecule has 396 valence electrons. The molecule has 75 heavy (non-hydrogen) atoms. The van der Waals surface area contributed by atoms with E-state index in [1.165, 1.54) is 38.5 Å². The van der Waals surface area contributed by atoms with Crippen molar-refractivity contribution in [1.29, 1.82) is 0 Å². The molecule has 2 saturated heterocycles. The third-order valence-corrected chi connectivity index (χ3v) is 15.7. The van der Waals surface area contributed by atoms with E-state index in [4.69, 9.17) is 30.9 Å². The first-order valence-electron chi connectivity index (χ1n) is 26.0. The predicted octanol–water partition coefficient (Wildman–Crippen LogP) is 11.7. The minimum absolute atomic E-state index is 0. The first-order valence-corrected chi connectivity index (χ1v) is 26.0. The van der Waals surface area contributed by atoms with Gasteiger partial charge < -0.3 is 39.9 Å². The van der Waals surface area contributed by atoms with Gasteiger partial charge in [-0.2, -0.15) is 0 Å². The molecule has 14 nitrogen and oxygen atoms in total. The van der Waals surface area contributed by atoms with Crippen molar-refractivity contribution in [3.8, 4) is 45.3 Å². The lowest BCUT2D eigenvalue weighted by Gasteiger charge is -2.42. The number of hydrogen-bond donors (Lipinski definition) is 2. The molecular formula is C58H71Cl3N12O2. The van der Waals surface area contributed by atoms with Gasteiger partial charge in [0.15, 0.2) is 0 Å². The lowest BCUT2D eigenvalue weighted by Crippen LogP contribution is -2.50. The predicted molar refractivity (Wildman–Crippen MR) is 310 cm³/mol. The van der Waals surface area contributed by atoms with Crippen molar-refractivity contribution in [2.45, 2.75) is 75.5 Å². The SMILES string of the molecule is CN1CCN([C@@H]2CCC[C@H](n3cc(-c4ccc(Oc5ccccc5)cc4)c4c(N)ncnc43)C2)CC1.CN1CCN([C@@H]2CCC[C@H](n3cc(-c4ccc(Oc5ccccc5)cc4)c4c(N)ncnc43)C2)CC1.Cl.Cl.Cl. The van der Waals surface area contributed by atoms with E-state index in [9.17, 15) is 0 Å². The third-order valence-electron chi connectivity index (χ3n) is 15.7. The summed E-state index contributed by atoms with van der Waals surface area (Å²) in [6.07, 6.45) is 17.4. The van der Waals surface area contributed by atoms with E-state index >= 15 is 0 Å². The number of para-hydroxylation sites is 2. The van der Waals surface area contributed by atoms with Gasteiger partial charge in [-0.15, -0.1) is 37.2 Å². The molecule has 2 aliphatic heterocycles. The largest absolute Gasteiger partial charge is 0.457 e. The Morgan fingerprint density at radius 1 is 0.427 bits per heavy atom. The molecule has 4 aromatic carbocycles. The molecule has 4 fully saturated rings. The van der Waals surface area contributed by atoms with Crippen LogP contribution in [0.15, 0.2) is 134 Å². The molecule has 0 bridgehead atoms. The zero-order valence-corrected chi connectivity index (χ0v) is 45.4.